The van der Waals surface area contributed by atoms with Crippen LogP contribution >= 0.6 is 11.6 Å². The van der Waals surface area contributed by atoms with Gasteiger partial charge in [-0.15, -0.1) is 11.6 Å². The van der Waals surface area contributed by atoms with E-state index in [4.69, 9.17) is 11.6 Å². The second-order valence-electron chi connectivity index (χ2n) is 5.10. The maximum atomic E-state index is 12.2. The van der Waals surface area contributed by atoms with Crippen LogP contribution in [0.4, 0.5) is 0 Å². The van der Waals surface area contributed by atoms with Gasteiger partial charge >= 0.3 is 0 Å². The smallest absolute Gasteiger partial charge is 0.212 e. The molecule has 1 aliphatic rings. The molecule has 0 spiro atoms. The molecule has 0 aromatic carbocycles. The van der Waals surface area contributed by atoms with Crippen LogP contribution in [-0.4, -0.2) is 36.9 Å². The van der Waals surface area contributed by atoms with Crippen molar-refractivity contribution in [3.8, 4) is 0 Å². The molecule has 0 aromatic heterocycles. The molecule has 1 heterocycles. The molecule has 3 nitrogen and oxygen atoms in total. The quantitative estimate of drug-likeness (QED) is 0.717. The molecule has 96 valence electrons. The van der Waals surface area contributed by atoms with Crippen LogP contribution in [0.1, 0.15) is 33.6 Å². The summed E-state index contributed by atoms with van der Waals surface area (Å²) in [6, 6.07) is 0.188. The molecular weight excluding hydrogens is 246 g/mol. The average molecular weight is 268 g/mol. The molecule has 0 radical (unpaired) electrons. The molecule has 0 bridgehead atoms. The summed E-state index contributed by atoms with van der Waals surface area (Å²) >= 11 is 5.68. The van der Waals surface area contributed by atoms with Gasteiger partial charge in [-0.05, 0) is 24.7 Å². The minimum absolute atomic E-state index is 0.0279. The van der Waals surface area contributed by atoms with Crippen LogP contribution in [0, 0.1) is 11.8 Å². The number of alkyl halides is 1. The number of halogens is 1. The molecule has 16 heavy (non-hydrogen) atoms. The Labute approximate surface area is 104 Å². The van der Waals surface area contributed by atoms with Gasteiger partial charge in [-0.3, -0.25) is 0 Å². The van der Waals surface area contributed by atoms with Gasteiger partial charge in [-0.1, -0.05) is 20.8 Å². The summed E-state index contributed by atoms with van der Waals surface area (Å²) in [6.07, 6.45) is 1.98. The van der Waals surface area contributed by atoms with Crippen LogP contribution in [0.15, 0.2) is 0 Å². The van der Waals surface area contributed by atoms with Gasteiger partial charge in [-0.2, -0.15) is 4.31 Å². The second kappa shape index (κ2) is 5.69. The third-order valence-corrected chi connectivity index (χ3v) is 5.82. The van der Waals surface area contributed by atoms with Crippen LogP contribution < -0.4 is 0 Å². The standard InChI is InChI=1S/C11H22ClNO2S/c1-9(2)11-5-4-6-13(11)16(14,15)8-10(3)7-12/h9-11H,4-8H2,1-3H3. The van der Waals surface area contributed by atoms with E-state index in [2.05, 4.69) is 13.8 Å². The van der Waals surface area contributed by atoms with E-state index in [1.165, 1.54) is 0 Å². The molecule has 1 saturated heterocycles. The van der Waals surface area contributed by atoms with Crippen molar-refractivity contribution < 1.29 is 8.42 Å². The highest BCUT2D eigenvalue weighted by Gasteiger charge is 2.36. The van der Waals surface area contributed by atoms with Crippen molar-refractivity contribution in [1.29, 1.82) is 0 Å². The van der Waals surface area contributed by atoms with Crippen molar-refractivity contribution in [3.63, 3.8) is 0 Å². The SMILES string of the molecule is CC(CCl)CS(=O)(=O)N1CCCC1C(C)C. The molecule has 1 rings (SSSR count). The minimum Gasteiger partial charge on any atom is -0.212 e. The highest BCUT2D eigenvalue weighted by atomic mass is 35.5. The summed E-state index contributed by atoms with van der Waals surface area (Å²) < 4.78 is 26.1. The van der Waals surface area contributed by atoms with Crippen LogP contribution in [0.3, 0.4) is 0 Å². The number of nitrogens with zero attached hydrogens (tertiary/aromatic N) is 1. The van der Waals surface area contributed by atoms with Gasteiger partial charge in [0.15, 0.2) is 0 Å². The van der Waals surface area contributed by atoms with Gasteiger partial charge in [0.05, 0.1) is 5.75 Å². The fourth-order valence-corrected chi connectivity index (χ4v) is 4.71. The molecule has 2 atom stereocenters. The van der Waals surface area contributed by atoms with Gasteiger partial charge in [0, 0.05) is 18.5 Å². The van der Waals surface area contributed by atoms with Crippen molar-refractivity contribution in [3.05, 3.63) is 0 Å². The maximum Gasteiger partial charge on any atom is 0.214 e. The third-order valence-electron chi connectivity index (χ3n) is 3.13. The van der Waals surface area contributed by atoms with Crippen molar-refractivity contribution in [2.24, 2.45) is 11.8 Å². The Morgan fingerprint density at radius 2 is 2.00 bits per heavy atom. The Morgan fingerprint density at radius 1 is 1.38 bits per heavy atom. The van der Waals surface area contributed by atoms with E-state index in [-0.39, 0.29) is 17.7 Å². The van der Waals surface area contributed by atoms with Crippen molar-refractivity contribution >= 4 is 21.6 Å². The van der Waals surface area contributed by atoms with E-state index in [0.717, 1.165) is 12.8 Å². The van der Waals surface area contributed by atoms with Crippen LogP contribution in [-0.2, 0) is 10.0 Å². The van der Waals surface area contributed by atoms with Gasteiger partial charge in [-0.25, -0.2) is 8.42 Å². The average Bonchev–Trinajstić information content (AvgIpc) is 2.65. The summed E-state index contributed by atoms with van der Waals surface area (Å²) in [5.74, 6) is 1.00. The van der Waals surface area contributed by atoms with E-state index >= 15 is 0 Å². The number of rotatable bonds is 5. The lowest BCUT2D eigenvalue weighted by molar-refractivity contribution is 0.314. The first-order valence-corrected chi connectivity index (χ1v) is 8.08. The lowest BCUT2D eigenvalue weighted by Gasteiger charge is -2.27. The van der Waals surface area contributed by atoms with Crippen LogP contribution in [0.2, 0.25) is 0 Å². The largest absolute Gasteiger partial charge is 0.214 e. The molecule has 1 fully saturated rings. The molecule has 2 unspecified atom stereocenters. The highest BCUT2D eigenvalue weighted by molar-refractivity contribution is 7.89. The van der Waals surface area contributed by atoms with E-state index < -0.39 is 10.0 Å². The number of sulfonamides is 1. The van der Waals surface area contributed by atoms with Gasteiger partial charge in [0.2, 0.25) is 10.0 Å². The molecular formula is C11H22ClNO2S. The molecule has 0 aliphatic carbocycles. The Hall–Kier alpha value is 0.200. The number of hydrogen-bond acceptors (Lipinski definition) is 2. The first-order chi connectivity index (χ1) is 7.38. The van der Waals surface area contributed by atoms with E-state index in [0.29, 0.717) is 18.3 Å². The van der Waals surface area contributed by atoms with E-state index in [1.54, 1.807) is 4.31 Å². The van der Waals surface area contributed by atoms with Crippen LogP contribution in [0.5, 0.6) is 0 Å². The molecule has 5 heteroatoms. The summed E-state index contributed by atoms with van der Waals surface area (Å²) in [5, 5.41) is 0. The molecule has 1 aliphatic heterocycles. The summed E-state index contributed by atoms with van der Waals surface area (Å²) in [7, 11) is -3.12. The predicted octanol–water partition coefficient (Wildman–Crippen LogP) is 2.31. The monoisotopic (exact) mass is 267 g/mol. The minimum atomic E-state index is -3.12. The zero-order valence-electron chi connectivity index (χ0n) is 10.3. The lowest BCUT2D eigenvalue weighted by atomic mass is 10.0. The number of hydrogen-bond donors (Lipinski definition) is 0. The molecule has 0 N–H and O–H groups in total. The first-order valence-electron chi connectivity index (χ1n) is 5.94. The third kappa shape index (κ3) is 3.34. The Bertz CT molecular complexity index is 316. The second-order valence-corrected chi connectivity index (χ2v) is 7.38. The van der Waals surface area contributed by atoms with E-state index in [9.17, 15) is 8.42 Å². The first kappa shape index (κ1) is 14.3. The van der Waals surface area contributed by atoms with Gasteiger partial charge in [0.25, 0.3) is 0 Å². The lowest BCUT2D eigenvalue weighted by Crippen LogP contribution is -2.41. The van der Waals surface area contributed by atoms with Crippen molar-refractivity contribution in [2.45, 2.75) is 39.7 Å². The maximum absolute atomic E-state index is 12.2. The molecule has 0 saturated carbocycles. The fourth-order valence-electron chi connectivity index (χ4n) is 2.28. The van der Waals surface area contributed by atoms with E-state index in [1.807, 2.05) is 6.92 Å². The normalized spacial score (nSPS) is 25.2. The Balaban J connectivity index is 2.75. The van der Waals surface area contributed by atoms with Gasteiger partial charge < -0.3 is 0 Å². The zero-order chi connectivity index (χ0) is 12.3. The molecule has 0 aromatic rings. The fraction of sp³-hybridized carbons (Fsp3) is 1.00. The summed E-state index contributed by atoms with van der Waals surface area (Å²) in [4.78, 5) is 0. The highest BCUT2D eigenvalue weighted by Crippen LogP contribution is 2.27. The Kier molecular flexibility index (Phi) is 5.08. The zero-order valence-corrected chi connectivity index (χ0v) is 11.9. The molecule has 0 amide bonds. The predicted molar refractivity (Wildman–Crippen MR) is 68.2 cm³/mol. The van der Waals surface area contributed by atoms with Crippen molar-refractivity contribution in [2.75, 3.05) is 18.2 Å². The van der Waals surface area contributed by atoms with Crippen LogP contribution in [0.25, 0.3) is 0 Å². The topological polar surface area (TPSA) is 37.4 Å². The summed E-state index contributed by atoms with van der Waals surface area (Å²) in [6.45, 7) is 6.73. The van der Waals surface area contributed by atoms with Crippen molar-refractivity contribution in [1.82, 2.24) is 4.31 Å². The summed E-state index contributed by atoms with van der Waals surface area (Å²) in [5.41, 5.74) is 0. The van der Waals surface area contributed by atoms with Gasteiger partial charge in [0.1, 0.15) is 0 Å². The Morgan fingerprint density at radius 3 is 2.50 bits per heavy atom.